The molecule has 0 atom stereocenters. The maximum atomic E-state index is 11.2. The SMILES string of the molecule is CC(=O)n1ccc2c(Br)cccc21. The normalized spacial score (nSPS) is 10.6. The molecule has 2 aromatic rings. The van der Waals surface area contributed by atoms with Gasteiger partial charge in [-0.25, -0.2) is 0 Å². The summed E-state index contributed by atoms with van der Waals surface area (Å²) in [5.74, 6) is 0.0353. The Balaban J connectivity index is 2.83. The topological polar surface area (TPSA) is 22.0 Å². The number of halogens is 1. The van der Waals surface area contributed by atoms with Crippen LogP contribution < -0.4 is 0 Å². The first-order valence-electron chi connectivity index (χ1n) is 3.96. The molecule has 1 aromatic carbocycles. The minimum Gasteiger partial charge on any atom is -0.287 e. The molecule has 66 valence electrons. The van der Waals surface area contributed by atoms with Gasteiger partial charge in [0.15, 0.2) is 0 Å². The Hall–Kier alpha value is -1.09. The van der Waals surface area contributed by atoms with Gasteiger partial charge in [0.25, 0.3) is 0 Å². The van der Waals surface area contributed by atoms with Crippen molar-refractivity contribution in [1.29, 1.82) is 0 Å². The Kier molecular flexibility index (Phi) is 1.96. The smallest absolute Gasteiger partial charge is 0.227 e. The molecule has 0 aliphatic heterocycles. The van der Waals surface area contributed by atoms with Gasteiger partial charge in [-0.15, -0.1) is 0 Å². The zero-order chi connectivity index (χ0) is 9.42. The summed E-state index contributed by atoms with van der Waals surface area (Å²) in [6, 6.07) is 7.75. The number of fused-ring (bicyclic) bond motifs is 1. The number of rotatable bonds is 0. The maximum Gasteiger partial charge on any atom is 0.227 e. The summed E-state index contributed by atoms with van der Waals surface area (Å²) in [5, 5.41) is 1.07. The molecular weight excluding hydrogens is 230 g/mol. The average molecular weight is 238 g/mol. The van der Waals surface area contributed by atoms with Crippen molar-refractivity contribution in [3.63, 3.8) is 0 Å². The first-order valence-corrected chi connectivity index (χ1v) is 4.76. The van der Waals surface area contributed by atoms with E-state index in [2.05, 4.69) is 15.9 Å². The number of carbonyl (C=O) groups is 1. The third-order valence-corrected chi connectivity index (χ3v) is 2.71. The predicted octanol–water partition coefficient (Wildman–Crippen LogP) is 3.06. The lowest BCUT2D eigenvalue weighted by Crippen LogP contribution is -2.02. The van der Waals surface area contributed by atoms with E-state index in [0.29, 0.717) is 0 Å². The quantitative estimate of drug-likeness (QED) is 0.691. The molecular formula is C10H8BrNO. The summed E-state index contributed by atoms with van der Waals surface area (Å²) in [6.45, 7) is 1.56. The molecule has 0 aliphatic carbocycles. The third kappa shape index (κ3) is 1.29. The van der Waals surface area contributed by atoms with Gasteiger partial charge in [0, 0.05) is 23.0 Å². The van der Waals surface area contributed by atoms with E-state index in [1.54, 1.807) is 17.7 Å². The summed E-state index contributed by atoms with van der Waals surface area (Å²) < 4.78 is 2.66. The van der Waals surface area contributed by atoms with E-state index in [-0.39, 0.29) is 5.91 Å². The van der Waals surface area contributed by atoms with Gasteiger partial charge in [0.1, 0.15) is 0 Å². The van der Waals surface area contributed by atoms with E-state index in [9.17, 15) is 4.79 Å². The van der Waals surface area contributed by atoms with Crippen molar-refractivity contribution in [2.45, 2.75) is 6.92 Å². The molecule has 0 spiro atoms. The fourth-order valence-corrected chi connectivity index (χ4v) is 1.89. The standard InChI is InChI=1S/C10H8BrNO/c1-7(13)12-6-5-8-9(11)3-2-4-10(8)12/h2-6H,1H3. The molecule has 2 nitrogen and oxygen atoms in total. The molecule has 0 saturated carbocycles. The number of benzene rings is 1. The van der Waals surface area contributed by atoms with Gasteiger partial charge < -0.3 is 0 Å². The van der Waals surface area contributed by atoms with Gasteiger partial charge in [-0.1, -0.05) is 22.0 Å². The minimum absolute atomic E-state index is 0.0353. The van der Waals surface area contributed by atoms with Crippen molar-refractivity contribution in [2.75, 3.05) is 0 Å². The van der Waals surface area contributed by atoms with E-state index in [1.807, 2.05) is 24.3 Å². The lowest BCUT2D eigenvalue weighted by atomic mass is 10.2. The molecule has 0 amide bonds. The Morgan fingerprint density at radius 3 is 2.85 bits per heavy atom. The van der Waals surface area contributed by atoms with Gasteiger partial charge in [-0.3, -0.25) is 9.36 Å². The molecule has 3 heteroatoms. The van der Waals surface area contributed by atoms with Gasteiger partial charge in [-0.05, 0) is 18.2 Å². The molecule has 0 fully saturated rings. The number of aromatic nitrogens is 1. The summed E-state index contributed by atoms with van der Waals surface area (Å²) in [5.41, 5.74) is 0.946. The van der Waals surface area contributed by atoms with Gasteiger partial charge in [0.2, 0.25) is 5.91 Å². The molecule has 0 radical (unpaired) electrons. The van der Waals surface area contributed by atoms with Crippen LogP contribution in [0.5, 0.6) is 0 Å². The second kappa shape index (κ2) is 3.00. The van der Waals surface area contributed by atoms with Crippen LogP contribution in [0.25, 0.3) is 10.9 Å². The van der Waals surface area contributed by atoms with Crippen molar-refractivity contribution < 1.29 is 4.79 Å². The summed E-state index contributed by atoms with van der Waals surface area (Å²) in [7, 11) is 0. The molecule has 1 aromatic heterocycles. The van der Waals surface area contributed by atoms with Crippen molar-refractivity contribution >= 4 is 32.7 Å². The molecule has 13 heavy (non-hydrogen) atoms. The fraction of sp³-hybridized carbons (Fsp3) is 0.100. The number of hydrogen-bond donors (Lipinski definition) is 0. The molecule has 1 heterocycles. The summed E-state index contributed by atoms with van der Waals surface area (Å²) in [6.07, 6.45) is 1.79. The maximum absolute atomic E-state index is 11.2. The van der Waals surface area contributed by atoms with Crippen LogP contribution in [0.15, 0.2) is 34.9 Å². The highest BCUT2D eigenvalue weighted by Gasteiger charge is 2.05. The van der Waals surface area contributed by atoms with Crippen LogP contribution >= 0.6 is 15.9 Å². The highest BCUT2D eigenvalue weighted by atomic mass is 79.9. The van der Waals surface area contributed by atoms with Crippen LogP contribution in [-0.4, -0.2) is 10.5 Å². The highest BCUT2D eigenvalue weighted by molar-refractivity contribution is 9.10. The van der Waals surface area contributed by atoms with Crippen molar-refractivity contribution in [3.05, 3.63) is 34.9 Å². The second-order valence-corrected chi connectivity index (χ2v) is 3.73. The Labute approximate surface area is 84.3 Å². The minimum atomic E-state index is 0.0353. The molecule has 0 bridgehead atoms. The van der Waals surface area contributed by atoms with Crippen LogP contribution in [0.4, 0.5) is 0 Å². The summed E-state index contributed by atoms with van der Waals surface area (Å²) >= 11 is 3.43. The van der Waals surface area contributed by atoms with E-state index < -0.39 is 0 Å². The van der Waals surface area contributed by atoms with E-state index in [4.69, 9.17) is 0 Å². The van der Waals surface area contributed by atoms with Crippen LogP contribution in [0.1, 0.15) is 11.7 Å². The highest BCUT2D eigenvalue weighted by Crippen LogP contribution is 2.24. The Bertz CT molecular complexity index is 473. The Morgan fingerprint density at radius 1 is 1.38 bits per heavy atom. The number of carbonyl (C=O) groups excluding carboxylic acids is 1. The monoisotopic (exact) mass is 237 g/mol. The second-order valence-electron chi connectivity index (χ2n) is 2.88. The molecule has 0 saturated heterocycles. The zero-order valence-corrected chi connectivity index (χ0v) is 8.71. The summed E-state index contributed by atoms with van der Waals surface area (Å²) in [4.78, 5) is 11.2. The zero-order valence-electron chi connectivity index (χ0n) is 7.12. The van der Waals surface area contributed by atoms with Gasteiger partial charge in [-0.2, -0.15) is 0 Å². The van der Waals surface area contributed by atoms with E-state index >= 15 is 0 Å². The van der Waals surface area contributed by atoms with Crippen LogP contribution in [-0.2, 0) is 0 Å². The van der Waals surface area contributed by atoms with Crippen LogP contribution in [0.2, 0.25) is 0 Å². The number of hydrogen-bond acceptors (Lipinski definition) is 1. The van der Waals surface area contributed by atoms with Crippen LogP contribution in [0.3, 0.4) is 0 Å². The van der Waals surface area contributed by atoms with E-state index in [0.717, 1.165) is 15.4 Å². The fourth-order valence-electron chi connectivity index (χ4n) is 1.40. The van der Waals surface area contributed by atoms with Gasteiger partial charge >= 0.3 is 0 Å². The predicted molar refractivity (Wildman–Crippen MR) is 55.9 cm³/mol. The Morgan fingerprint density at radius 2 is 2.15 bits per heavy atom. The van der Waals surface area contributed by atoms with E-state index in [1.165, 1.54) is 0 Å². The lowest BCUT2D eigenvalue weighted by Gasteiger charge is -1.99. The molecule has 0 N–H and O–H groups in total. The van der Waals surface area contributed by atoms with Crippen LogP contribution in [0, 0.1) is 0 Å². The number of nitrogens with zero attached hydrogens (tertiary/aromatic N) is 1. The third-order valence-electron chi connectivity index (χ3n) is 2.02. The first-order chi connectivity index (χ1) is 6.20. The van der Waals surface area contributed by atoms with Crippen molar-refractivity contribution in [1.82, 2.24) is 4.57 Å². The molecule has 2 rings (SSSR count). The molecule has 0 unspecified atom stereocenters. The average Bonchev–Trinajstić information content (AvgIpc) is 2.48. The lowest BCUT2D eigenvalue weighted by molar-refractivity contribution is 0.0941. The van der Waals surface area contributed by atoms with Gasteiger partial charge in [0.05, 0.1) is 5.52 Å². The largest absolute Gasteiger partial charge is 0.287 e. The molecule has 0 aliphatic rings. The van der Waals surface area contributed by atoms with Crippen molar-refractivity contribution in [2.24, 2.45) is 0 Å². The van der Waals surface area contributed by atoms with Crippen molar-refractivity contribution in [3.8, 4) is 0 Å². The first kappa shape index (κ1) is 8.51.